The minimum atomic E-state index is -1.23. The molecule has 6 nitrogen and oxygen atoms in total. The zero-order valence-corrected chi connectivity index (χ0v) is 20.7. The number of hydrogen-bond donors (Lipinski definition) is 0. The predicted molar refractivity (Wildman–Crippen MR) is 135 cm³/mol. The molecule has 2 aromatic rings. The van der Waals surface area contributed by atoms with Crippen LogP contribution in [0.1, 0.15) is 60.8 Å². The van der Waals surface area contributed by atoms with E-state index in [0.29, 0.717) is 17.1 Å². The Labute approximate surface area is 195 Å². The summed E-state index contributed by atoms with van der Waals surface area (Å²) in [7, 11) is 0.411. The van der Waals surface area contributed by atoms with Crippen LogP contribution in [-0.4, -0.2) is 24.4 Å². The maximum atomic E-state index is 15.1. The number of nitrogens with zero attached hydrogens (tertiary/aromatic N) is 5. The molecule has 1 aromatic heterocycles. The fourth-order valence-corrected chi connectivity index (χ4v) is 4.94. The number of ether oxygens (including phenoxy) is 1. The van der Waals surface area contributed by atoms with Gasteiger partial charge in [-0.1, -0.05) is 31.1 Å². The smallest absolute Gasteiger partial charge is 0.462 e. The molecular formula is C25H31BFN5O. The van der Waals surface area contributed by atoms with Gasteiger partial charge in [0.05, 0.1) is 7.11 Å². The summed E-state index contributed by atoms with van der Waals surface area (Å²) in [6.07, 6.45) is 1.56. The Morgan fingerprint density at radius 3 is 2.45 bits per heavy atom. The van der Waals surface area contributed by atoms with Gasteiger partial charge in [-0.05, 0) is 81.2 Å². The van der Waals surface area contributed by atoms with Crippen molar-refractivity contribution < 1.29 is 9.05 Å². The Kier molecular flexibility index (Phi) is 7.18. The Balaban J connectivity index is 2.58. The lowest BCUT2D eigenvalue weighted by Crippen LogP contribution is -2.20. The molecule has 0 unspecified atom stereocenters. The molecule has 0 atom stereocenters. The minimum Gasteiger partial charge on any atom is -0.494 e. The summed E-state index contributed by atoms with van der Waals surface area (Å²) in [6.45, 7) is 13.7. The van der Waals surface area contributed by atoms with Crippen LogP contribution in [0.5, 0.6) is 0 Å². The molecule has 0 bridgehead atoms. The number of aliphatic imine (C=N–C) groups is 1. The molecule has 0 saturated heterocycles. The molecule has 0 spiro atoms. The summed E-state index contributed by atoms with van der Waals surface area (Å²) in [5, 5.41) is 3.81. The third kappa shape index (κ3) is 4.11. The molecule has 3 rings (SSSR count). The SMILES string of the molecule is CCC1=C(OC)/C(=C(\c2cc(N=[N+]=[N-])ccc2C)c2c(C)c(CC)c(C)n2B(C)F)N=C1C. The summed E-state index contributed by atoms with van der Waals surface area (Å²) >= 11 is 0. The van der Waals surface area contributed by atoms with Crippen molar-refractivity contribution in [3.05, 3.63) is 79.3 Å². The topological polar surface area (TPSA) is 75.3 Å². The van der Waals surface area contributed by atoms with E-state index in [-0.39, 0.29) is 0 Å². The van der Waals surface area contributed by atoms with E-state index in [0.717, 1.165) is 63.3 Å². The highest BCUT2D eigenvalue weighted by Gasteiger charge is 2.32. The molecule has 1 aliphatic heterocycles. The van der Waals surface area contributed by atoms with E-state index in [1.165, 1.54) is 0 Å². The van der Waals surface area contributed by atoms with Crippen molar-refractivity contribution in [2.24, 2.45) is 10.1 Å². The molecule has 1 aliphatic rings. The molecule has 0 aliphatic carbocycles. The van der Waals surface area contributed by atoms with Crippen molar-refractivity contribution in [1.82, 2.24) is 4.48 Å². The number of methoxy groups -OCH3 is 1. The third-order valence-corrected chi connectivity index (χ3v) is 6.44. The molecule has 2 heterocycles. The van der Waals surface area contributed by atoms with Crippen LogP contribution in [0.25, 0.3) is 16.0 Å². The summed E-state index contributed by atoms with van der Waals surface area (Å²) in [4.78, 5) is 7.88. The van der Waals surface area contributed by atoms with Crippen LogP contribution in [0.3, 0.4) is 0 Å². The van der Waals surface area contributed by atoms with Crippen LogP contribution >= 0.6 is 0 Å². The fourth-order valence-electron chi connectivity index (χ4n) is 4.94. The predicted octanol–water partition coefficient (Wildman–Crippen LogP) is 7.40. The van der Waals surface area contributed by atoms with Crippen molar-refractivity contribution in [3.8, 4) is 0 Å². The van der Waals surface area contributed by atoms with Gasteiger partial charge in [0.2, 0.25) is 0 Å². The number of aryl methyl sites for hydroxylation is 1. The second-order valence-corrected chi connectivity index (χ2v) is 8.31. The maximum absolute atomic E-state index is 15.1. The largest absolute Gasteiger partial charge is 0.494 e. The zero-order chi connectivity index (χ0) is 24.4. The third-order valence-electron chi connectivity index (χ3n) is 6.44. The van der Waals surface area contributed by atoms with Crippen LogP contribution in [0, 0.1) is 20.8 Å². The lowest BCUT2D eigenvalue weighted by atomic mass is 9.87. The first-order valence-electron chi connectivity index (χ1n) is 11.3. The second kappa shape index (κ2) is 9.71. The van der Waals surface area contributed by atoms with Gasteiger partial charge in [-0.3, -0.25) is 0 Å². The van der Waals surface area contributed by atoms with Crippen LogP contribution in [-0.2, 0) is 11.2 Å². The van der Waals surface area contributed by atoms with Gasteiger partial charge in [-0.15, -0.1) is 0 Å². The summed E-state index contributed by atoms with van der Waals surface area (Å²) < 4.78 is 22.8. The summed E-state index contributed by atoms with van der Waals surface area (Å²) in [5.41, 5.74) is 18.5. The number of azide groups is 1. The van der Waals surface area contributed by atoms with Crippen molar-refractivity contribution in [2.45, 2.75) is 61.2 Å². The van der Waals surface area contributed by atoms with E-state index in [4.69, 9.17) is 15.3 Å². The highest BCUT2D eigenvalue weighted by molar-refractivity contribution is 6.48. The maximum Gasteiger partial charge on any atom is 0.462 e. The Morgan fingerprint density at radius 2 is 1.91 bits per heavy atom. The van der Waals surface area contributed by atoms with Crippen LogP contribution < -0.4 is 0 Å². The van der Waals surface area contributed by atoms with Crippen molar-refractivity contribution >= 4 is 24.1 Å². The number of allylic oxidation sites excluding steroid dienone is 1. The van der Waals surface area contributed by atoms with Gasteiger partial charge < -0.3 is 13.5 Å². The van der Waals surface area contributed by atoms with Crippen molar-refractivity contribution in [1.29, 1.82) is 0 Å². The van der Waals surface area contributed by atoms with E-state index in [1.54, 1.807) is 24.5 Å². The van der Waals surface area contributed by atoms with Gasteiger partial charge in [0, 0.05) is 38.8 Å². The molecule has 0 saturated carbocycles. The quantitative estimate of drug-likeness (QED) is 0.189. The Bertz CT molecular complexity index is 1250. The molecule has 0 fully saturated rings. The van der Waals surface area contributed by atoms with E-state index >= 15 is 4.32 Å². The molecule has 1 aromatic carbocycles. The summed E-state index contributed by atoms with van der Waals surface area (Å²) in [5.74, 6) is 0.702. The van der Waals surface area contributed by atoms with Crippen LogP contribution in [0.15, 0.2) is 45.3 Å². The van der Waals surface area contributed by atoms with Gasteiger partial charge in [-0.2, -0.15) is 0 Å². The molecule has 33 heavy (non-hydrogen) atoms. The van der Waals surface area contributed by atoms with Crippen molar-refractivity contribution in [2.75, 3.05) is 7.11 Å². The molecule has 0 radical (unpaired) electrons. The molecule has 0 N–H and O–H groups in total. The summed E-state index contributed by atoms with van der Waals surface area (Å²) in [6, 6.07) is 5.54. The van der Waals surface area contributed by atoms with Gasteiger partial charge in [0.1, 0.15) is 11.5 Å². The molecule has 172 valence electrons. The first-order valence-corrected chi connectivity index (χ1v) is 11.3. The standard InChI is InChI=1S/C25H31BFN5O/c1-9-19-15(4)24(32(17(19)6)26(7)27)22(21-13-18(30-31-28)12-11-14(21)3)23-25(33-8)20(10-2)16(5)29-23/h11-13H,9-10H2,1-8H3/b23-22-. The van der Waals surface area contributed by atoms with E-state index in [1.807, 2.05) is 39.8 Å². The van der Waals surface area contributed by atoms with E-state index in [2.05, 4.69) is 23.9 Å². The van der Waals surface area contributed by atoms with Crippen LogP contribution in [0.2, 0.25) is 6.82 Å². The lowest BCUT2D eigenvalue weighted by molar-refractivity contribution is 0.298. The molecular weight excluding hydrogens is 416 g/mol. The molecule has 8 heteroatoms. The fraction of sp³-hybridized carbons (Fsp3) is 0.400. The highest BCUT2D eigenvalue weighted by Crippen LogP contribution is 2.42. The number of halogens is 1. The number of hydrogen-bond acceptors (Lipinski definition) is 3. The van der Waals surface area contributed by atoms with Gasteiger partial charge in [0.15, 0.2) is 0 Å². The Hall–Kier alpha value is -3.25. The first-order chi connectivity index (χ1) is 15.7. The number of rotatable bonds is 7. The zero-order valence-electron chi connectivity index (χ0n) is 20.7. The van der Waals surface area contributed by atoms with Gasteiger partial charge in [-0.25, -0.2) is 4.99 Å². The Morgan fingerprint density at radius 1 is 1.21 bits per heavy atom. The lowest BCUT2D eigenvalue weighted by Gasteiger charge is -2.20. The van der Waals surface area contributed by atoms with Crippen molar-refractivity contribution in [3.63, 3.8) is 0 Å². The van der Waals surface area contributed by atoms with E-state index < -0.39 is 7.12 Å². The second-order valence-electron chi connectivity index (χ2n) is 8.31. The number of benzene rings is 1. The normalized spacial score (nSPS) is 14.9. The molecule has 0 amide bonds. The van der Waals surface area contributed by atoms with E-state index in [9.17, 15) is 0 Å². The van der Waals surface area contributed by atoms with Gasteiger partial charge in [0.25, 0.3) is 0 Å². The average Bonchev–Trinajstić information content (AvgIpc) is 3.23. The van der Waals surface area contributed by atoms with Crippen LogP contribution in [0.4, 0.5) is 10.0 Å². The average molecular weight is 447 g/mol. The minimum absolute atomic E-state index is 0.491. The first kappa shape index (κ1) is 24.4. The van der Waals surface area contributed by atoms with Gasteiger partial charge >= 0.3 is 7.12 Å². The number of aromatic nitrogens is 1. The monoisotopic (exact) mass is 447 g/mol. The highest BCUT2D eigenvalue weighted by atomic mass is 19.1.